The highest BCUT2D eigenvalue weighted by molar-refractivity contribution is 8.02. The Morgan fingerprint density at radius 1 is 1.24 bits per heavy atom. The number of amides is 3. The number of carbonyl (C=O) groups is 3. The van der Waals surface area contributed by atoms with Crippen LogP contribution in [-0.4, -0.2) is 46.8 Å². The summed E-state index contributed by atoms with van der Waals surface area (Å²) in [5, 5.41) is 2.50. The van der Waals surface area contributed by atoms with Gasteiger partial charge < -0.3 is 10.1 Å². The summed E-state index contributed by atoms with van der Waals surface area (Å²) in [6.07, 6.45) is 1.24. The van der Waals surface area contributed by atoms with E-state index in [1.807, 2.05) is 13.8 Å². The second-order valence-corrected chi connectivity index (χ2v) is 7.43. The molecule has 136 valence electrons. The fraction of sp³-hybridized carbons (Fsp3) is 0.471. The number of rotatable bonds is 6. The van der Waals surface area contributed by atoms with E-state index in [0.717, 1.165) is 4.90 Å². The Balaban J connectivity index is 2.14. The minimum absolute atomic E-state index is 0.295. The first-order valence-corrected chi connectivity index (χ1v) is 9.37. The Kier molecular flexibility index (Phi) is 6.72. The van der Waals surface area contributed by atoms with E-state index in [0.29, 0.717) is 29.3 Å². The summed E-state index contributed by atoms with van der Waals surface area (Å²) in [4.78, 5) is 38.3. The molecule has 1 heterocycles. The zero-order chi connectivity index (χ0) is 18.6. The predicted octanol–water partition coefficient (Wildman–Crippen LogP) is 2.95. The average Bonchev–Trinajstić information content (AvgIpc) is 2.59. The zero-order valence-corrected chi connectivity index (χ0v) is 15.9. The molecule has 0 aromatic heterocycles. The van der Waals surface area contributed by atoms with E-state index < -0.39 is 5.91 Å². The van der Waals surface area contributed by atoms with E-state index in [-0.39, 0.29) is 28.9 Å². The first-order valence-electron chi connectivity index (χ1n) is 8.05. The van der Waals surface area contributed by atoms with Crippen LogP contribution in [0, 0.1) is 0 Å². The minimum atomic E-state index is -0.473. The van der Waals surface area contributed by atoms with E-state index in [9.17, 15) is 14.4 Å². The maximum atomic E-state index is 12.5. The third-order valence-corrected chi connectivity index (χ3v) is 5.85. The van der Waals surface area contributed by atoms with Crippen molar-refractivity contribution in [3.63, 3.8) is 0 Å². The lowest BCUT2D eigenvalue weighted by atomic mass is 10.2. The quantitative estimate of drug-likeness (QED) is 0.763. The van der Waals surface area contributed by atoms with Crippen LogP contribution in [0.25, 0.3) is 0 Å². The molecule has 0 radical (unpaired) electrons. The van der Waals surface area contributed by atoms with Crippen LogP contribution < -0.4 is 10.1 Å². The standard InChI is InChI=1S/C17H21ClN2O4S/c1-4-13-16(22)20(17(23)14(5-2)25-13)9-15(21)19-11-8-10(18)6-7-12(11)24-3/h6-8,13-14H,4-5,9H2,1-3H3,(H,19,21). The van der Waals surface area contributed by atoms with E-state index >= 15 is 0 Å². The van der Waals surface area contributed by atoms with Gasteiger partial charge in [-0.3, -0.25) is 19.3 Å². The summed E-state index contributed by atoms with van der Waals surface area (Å²) >= 11 is 7.32. The summed E-state index contributed by atoms with van der Waals surface area (Å²) < 4.78 is 5.18. The fourth-order valence-corrected chi connectivity index (χ4v) is 4.02. The van der Waals surface area contributed by atoms with Gasteiger partial charge in [0, 0.05) is 5.02 Å². The normalized spacial score (nSPS) is 20.6. The number of hydrogen-bond donors (Lipinski definition) is 1. The van der Waals surface area contributed by atoms with E-state index in [1.54, 1.807) is 18.2 Å². The lowest BCUT2D eigenvalue weighted by molar-refractivity contribution is -0.147. The number of ether oxygens (including phenoxy) is 1. The maximum absolute atomic E-state index is 12.5. The minimum Gasteiger partial charge on any atom is -0.495 e. The highest BCUT2D eigenvalue weighted by Gasteiger charge is 2.40. The molecule has 0 spiro atoms. The molecule has 2 rings (SSSR count). The van der Waals surface area contributed by atoms with Crippen molar-refractivity contribution in [2.24, 2.45) is 0 Å². The number of nitrogens with one attached hydrogen (secondary N) is 1. The zero-order valence-electron chi connectivity index (χ0n) is 14.4. The monoisotopic (exact) mass is 384 g/mol. The van der Waals surface area contributed by atoms with E-state index in [4.69, 9.17) is 16.3 Å². The van der Waals surface area contributed by atoms with Gasteiger partial charge in [0.15, 0.2) is 0 Å². The number of nitrogens with zero attached hydrogens (tertiary/aromatic N) is 1. The summed E-state index contributed by atoms with van der Waals surface area (Å²) in [5.74, 6) is -0.646. The lowest BCUT2D eigenvalue weighted by Gasteiger charge is -2.34. The van der Waals surface area contributed by atoms with Gasteiger partial charge in [-0.25, -0.2) is 0 Å². The van der Waals surface area contributed by atoms with Gasteiger partial charge in [0.2, 0.25) is 17.7 Å². The third-order valence-electron chi connectivity index (χ3n) is 3.89. The number of thioether (sulfide) groups is 1. The SMILES string of the molecule is CCC1SC(CC)C(=O)N(CC(=O)Nc2cc(Cl)ccc2OC)C1=O. The van der Waals surface area contributed by atoms with Gasteiger partial charge in [-0.1, -0.05) is 25.4 Å². The number of halogens is 1. The molecular formula is C17H21ClN2O4S. The van der Waals surface area contributed by atoms with Crippen LogP contribution in [0.5, 0.6) is 5.75 Å². The molecule has 3 amide bonds. The fourth-order valence-electron chi connectivity index (χ4n) is 2.58. The van der Waals surface area contributed by atoms with E-state index in [1.165, 1.54) is 18.9 Å². The lowest BCUT2D eigenvalue weighted by Crippen LogP contribution is -2.53. The molecule has 1 aromatic rings. The van der Waals surface area contributed by atoms with Crippen molar-refractivity contribution in [3.05, 3.63) is 23.2 Å². The molecule has 1 aliphatic rings. The molecule has 1 aromatic carbocycles. The molecule has 2 atom stereocenters. The topological polar surface area (TPSA) is 75.7 Å². The van der Waals surface area contributed by atoms with Crippen LogP contribution >= 0.6 is 23.4 Å². The Hall–Kier alpha value is -1.73. The molecule has 0 bridgehead atoms. The summed E-state index contributed by atoms with van der Waals surface area (Å²) in [6, 6.07) is 4.83. The number of benzene rings is 1. The molecule has 0 saturated carbocycles. The molecule has 0 aliphatic carbocycles. The van der Waals surface area contributed by atoms with Crippen molar-refractivity contribution in [2.75, 3.05) is 19.0 Å². The molecule has 25 heavy (non-hydrogen) atoms. The Bertz CT molecular complexity index is 661. The number of carbonyl (C=O) groups excluding carboxylic acids is 3. The van der Waals surface area contributed by atoms with Crippen molar-refractivity contribution >= 4 is 46.8 Å². The molecule has 1 fully saturated rings. The Morgan fingerprint density at radius 3 is 2.36 bits per heavy atom. The van der Waals surface area contributed by atoms with Gasteiger partial charge >= 0.3 is 0 Å². The smallest absolute Gasteiger partial charge is 0.244 e. The number of anilines is 1. The summed E-state index contributed by atoms with van der Waals surface area (Å²) in [6.45, 7) is 3.47. The van der Waals surface area contributed by atoms with Gasteiger partial charge in [0.05, 0.1) is 23.3 Å². The second kappa shape index (κ2) is 8.58. The molecule has 1 N–H and O–H groups in total. The summed E-state index contributed by atoms with van der Waals surface area (Å²) in [5.41, 5.74) is 0.394. The van der Waals surface area contributed by atoms with Gasteiger partial charge in [0.1, 0.15) is 12.3 Å². The second-order valence-electron chi connectivity index (χ2n) is 5.59. The largest absolute Gasteiger partial charge is 0.495 e. The molecule has 8 heteroatoms. The van der Waals surface area contributed by atoms with Crippen molar-refractivity contribution in [1.29, 1.82) is 0 Å². The average molecular weight is 385 g/mol. The molecular weight excluding hydrogens is 364 g/mol. The molecule has 1 aliphatic heterocycles. The van der Waals surface area contributed by atoms with Gasteiger partial charge in [-0.15, -0.1) is 11.8 Å². The van der Waals surface area contributed by atoms with Gasteiger partial charge in [-0.05, 0) is 31.0 Å². The molecule has 6 nitrogen and oxygen atoms in total. The highest BCUT2D eigenvalue weighted by Crippen LogP contribution is 2.32. The Labute approximate surface area is 156 Å². The van der Waals surface area contributed by atoms with Crippen molar-refractivity contribution in [1.82, 2.24) is 4.90 Å². The van der Waals surface area contributed by atoms with Crippen LogP contribution in [0.4, 0.5) is 5.69 Å². The van der Waals surface area contributed by atoms with E-state index in [2.05, 4.69) is 5.32 Å². The molecule has 1 saturated heterocycles. The van der Waals surface area contributed by atoms with Crippen LogP contribution in [-0.2, 0) is 14.4 Å². The number of methoxy groups -OCH3 is 1. The van der Waals surface area contributed by atoms with Gasteiger partial charge in [0.25, 0.3) is 0 Å². The van der Waals surface area contributed by atoms with Crippen molar-refractivity contribution in [3.8, 4) is 5.75 Å². The van der Waals surface area contributed by atoms with Crippen LogP contribution in [0.15, 0.2) is 18.2 Å². The van der Waals surface area contributed by atoms with Crippen LogP contribution in [0.2, 0.25) is 5.02 Å². The highest BCUT2D eigenvalue weighted by atomic mass is 35.5. The van der Waals surface area contributed by atoms with Crippen LogP contribution in [0.1, 0.15) is 26.7 Å². The first kappa shape index (κ1) is 19.6. The predicted molar refractivity (Wildman–Crippen MR) is 99.1 cm³/mol. The molecule has 2 unspecified atom stereocenters. The third kappa shape index (κ3) is 4.46. The summed E-state index contributed by atoms with van der Waals surface area (Å²) in [7, 11) is 1.48. The Morgan fingerprint density at radius 2 is 1.84 bits per heavy atom. The van der Waals surface area contributed by atoms with Crippen molar-refractivity contribution in [2.45, 2.75) is 37.2 Å². The maximum Gasteiger partial charge on any atom is 0.244 e. The van der Waals surface area contributed by atoms with Crippen molar-refractivity contribution < 1.29 is 19.1 Å². The first-order chi connectivity index (χ1) is 11.9. The van der Waals surface area contributed by atoms with Gasteiger partial charge in [-0.2, -0.15) is 0 Å². The van der Waals surface area contributed by atoms with Crippen LogP contribution in [0.3, 0.4) is 0 Å². The number of imide groups is 1. The number of hydrogen-bond acceptors (Lipinski definition) is 5.